The Labute approximate surface area is 151 Å². The second kappa shape index (κ2) is 7.75. The summed E-state index contributed by atoms with van der Waals surface area (Å²) in [5, 5.41) is 3.34. The van der Waals surface area contributed by atoms with Crippen LogP contribution < -0.4 is 5.32 Å². The number of ether oxygens (including phenoxy) is 1. The lowest BCUT2D eigenvalue weighted by Gasteiger charge is -2.25. The number of anilines is 1. The Balaban J connectivity index is 2.01. The van der Waals surface area contributed by atoms with E-state index >= 15 is 0 Å². The van der Waals surface area contributed by atoms with Crippen LogP contribution in [0.2, 0.25) is 0 Å². The van der Waals surface area contributed by atoms with Crippen LogP contribution >= 0.6 is 15.9 Å². The highest BCUT2D eigenvalue weighted by Crippen LogP contribution is 2.20. The zero-order valence-electron chi connectivity index (χ0n) is 14.4. The Hall–Kier alpha value is -1.95. The molecule has 130 valence electrons. The fourth-order valence-electron chi connectivity index (χ4n) is 2.12. The lowest BCUT2D eigenvalue weighted by molar-refractivity contribution is 0.0285. The molecule has 1 heterocycles. The van der Waals surface area contributed by atoms with Crippen molar-refractivity contribution in [1.29, 1.82) is 0 Å². The van der Waals surface area contributed by atoms with Crippen LogP contribution in [-0.2, 0) is 17.8 Å². The third-order valence-corrected chi connectivity index (χ3v) is 3.64. The lowest BCUT2D eigenvalue weighted by Crippen LogP contribution is -2.33. The van der Waals surface area contributed by atoms with Crippen molar-refractivity contribution in [3.8, 4) is 0 Å². The maximum Gasteiger partial charge on any atom is 0.410 e. The number of carbonyl (C=O) groups excluding carboxylic acids is 1. The van der Waals surface area contributed by atoms with E-state index in [1.54, 1.807) is 11.9 Å². The van der Waals surface area contributed by atoms with Crippen molar-refractivity contribution in [2.24, 2.45) is 0 Å². The van der Waals surface area contributed by atoms with Crippen molar-refractivity contribution >= 4 is 27.7 Å². The van der Waals surface area contributed by atoms with Crippen molar-refractivity contribution in [1.82, 2.24) is 4.90 Å². The highest BCUT2D eigenvalue weighted by molar-refractivity contribution is 9.10. The van der Waals surface area contributed by atoms with Gasteiger partial charge in [0.15, 0.2) is 4.67 Å². The Morgan fingerprint density at radius 2 is 1.96 bits per heavy atom. The minimum absolute atomic E-state index is 0.340. The number of nitrogens with zero attached hydrogens (tertiary/aromatic N) is 1. The van der Waals surface area contributed by atoms with Gasteiger partial charge in [0.25, 0.3) is 0 Å². The van der Waals surface area contributed by atoms with Gasteiger partial charge in [0, 0.05) is 12.7 Å². The highest BCUT2D eigenvalue weighted by atomic mass is 79.9. The van der Waals surface area contributed by atoms with E-state index in [1.807, 2.05) is 57.2 Å². The molecule has 6 heteroatoms. The summed E-state index contributed by atoms with van der Waals surface area (Å²) in [6.07, 6.45) is -0.340. The molecule has 0 fully saturated rings. The number of furan rings is 1. The van der Waals surface area contributed by atoms with Crippen molar-refractivity contribution in [3.63, 3.8) is 0 Å². The van der Waals surface area contributed by atoms with Crippen molar-refractivity contribution in [3.05, 3.63) is 52.4 Å². The quantitative estimate of drug-likeness (QED) is 0.772. The molecular formula is C18H23BrN2O3. The fraction of sp³-hybridized carbons (Fsp3) is 0.389. The van der Waals surface area contributed by atoms with Crippen LogP contribution in [0, 0.1) is 0 Å². The van der Waals surface area contributed by atoms with Gasteiger partial charge in [-0.2, -0.15) is 0 Å². The van der Waals surface area contributed by atoms with Crippen molar-refractivity contribution in [2.45, 2.75) is 39.5 Å². The van der Waals surface area contributed by atoms with Gasteiger partial charge >= 0.3 is 6.09 Å². The van der Waals surface area contributed by atoms with Gasteiger partial charge in [0.05, 0.1) is 13.1 Å². The Kier molecular flexibility index (Phi) is 5.94. The highest BCUT2D eigenvalue weighted by Gasteiger charge is 2.20. The van der Waals surface area contributed by atoms with Crippen LogP contribution in [0.25, 0.3) is 0 Å². The molecular weight excluding hydrogens is 372 g/mol. The molecule has 5 nitrogen and oxygen atoms in total. The summed E-state index contributed by atoms with van der Waals surface area (Å²) in [4.78, 5) is 13.7. The molecule has 0 saturated heterocycles. The molecule has 24 heavy (non-hydrogen) atoms. The second-order valence-corrected chi connectivity index (χ2v) is 7.33. The van der Waals surface area contributed by atoms with E-state index in [-0.39, 0.29) is 6.09 Å². The maximum absolute atomic E-state index is 12.1. The smallest absolute Gasteiger partial charge is 0.410 e. The molecule has 1 aromatic heterocycles. The standard InChI is InChI=1S/C18H23BrN2O3/c1-18(2,3)24-17(22)21(4)12-13-7-5-6-8-15(13)20-11-14-9-10-16(19)23-14/h5-10,20H,11-12H2,1-4H3. The number of benzene rings is 1. The normalized spacial score (nSPS) is 11.2. The summed E-state index contributed by atoms with van der Waals surface area (Å²) in [6, 6.07) is 11.6. The Morgan fingerprint density at radius 1 is 1.25 bits per heavy atom. The van der Waals surface area contributed by atoms with Gasteiger partial charge in [0.1, 0.15) is 11.4 Å². The van der Waals surface area contributed by atoms with Crippen LogP contribution in [0.15, 0.2) is 45.5 Å². The molecule has 2 rings (SSSR count). The fourth-order valence-corrected chi connectivity index (χ4v) is 2.46. The molecule has 0 aliphatic carbocycles. The second-order valence-electron chi connectivity index (χ2n) is 6.55. The number of carbonyl (C=O) groups is 1. The molecule has 1 aromatic carbocycles. The summed E-state index contributed by atoms with van der Waals surface area (Å²) >= 11 is 3.29. The van der Waals surface area contributed by atoms with Crippen LogP contribution in [0.4, 0.5) is 10.5 Å². The van der Waals surface area contributed by atoms with Crippen LogP contribution in [0.1, 0.15) is 32.1 Å². The van der Waals surface area contributed by atoms with Crippen LogP contribution in [0.5, 0.6) is 0 Å². The SMILES string of the molecule is CN(Cc1ccccc1NCc1ccc(Br)o1)C(=O)OC(C)(C)C. The molecule has 2 aromatic rings. The number of hydrogen-bond acceptors (Lipinski definition) is 4. The lowest BCUT2D eigenvalue weighted by atomic mass is 10.1. The first kappa shape index (κ1) is 18.4. The number of halogens is 1. The average molecular weight is 395 g/mol. The van der Waals surface area contributed by atoms with E-state index in [0.717, 1.165) is 17.0 Å². The number of hydrogen-bond donors (Lipinski definition) is 1. The monoisotopic (exact) mass is 394 g/mol. The van der Waals surface area contributed by atoms with Gasteiger partial charge in [-0.1, -0.05) is 18.2 Å². The zero-order valence-corrected chi connectivity index (χ0v) is 16.0. The third-order valence-electron chi connectivity index (χ3n) is 3.21. The summed E-state index contributed by atoms with van der Waals surface area (Å²) in [5.41, 5.74) is 1.47. The van der Waals surface area contributed by atoms with Gasteiger partial charge in [0.2, 0.25) is 0 Å². The van der Waals surface area contributed by atoms with Gasteiger partial charge in [-0.25, -0.2) is 4.79 Å². The van der Waals surface area contributed by atoms with E-state index in [2.05, 4.69) is 21.2 Å². The molecule has 0 radical (unpaired) electrons. The topological polar surface area (TPSA) is 54.7 Å². The van der Waals surface area contributed by atoms with Crippen LogP contribution in [-0.4, -0.2) is 23.6 Å². The first-order valence-corrected chi connectivity index (χ1v) is 8.54. The molecule has 0 unspecified atom stereocenters. The van der Waals surface area contributed by atoms with Crippen LogP contribution in [0.3, 0.4) is 0 Å². The number of rotatable bonds is 5. The average Bonchev–Trinajstić information content (AvgIpc) is 2.90. The molecule has 1 N–H and O–H groups in total. The summed E-state index contributed by atoms with van der Waals surface area (Å²) in [6.45, 7) is 6.60. The summed E-state index contributed by atoms with van der Waals surface area (Å²) < 4.78 is 11.6. The van der Waals surface area contributed by atoms with Gasteiger partial charge in [-0.15, -0.1) is 0 Å². The third kappa shape index (κ3) is 5.60. The molecule has 0 atom stereocenters. The predicted octanol–water partition coefficient (Wildman–Crippen LogP) is 5.02. The summed E-state index contributed by atoms with van der Waals surface area (Å²) in [5.74, 6) is 0.831. The molecule has 1 amide bonds. The summed E-state index contributed by atoms with van der Waals surface area (Å²) in [7, 11) is 1.73. The van der Waals surface area contributed by atoms with E-state index in [0.29, 0.717) is 17.8 Å². The molecule has 0 bridgehead atoms. The van der Waals surface area contributed by atoms with Crippen molar-refractivity contribution in [2.75, 3.05) is 12.4 Å². The number of nitrogens with one attached hydrogen (secondary N) is 1. The first-order chi connectivity index (χ1) is 11.2. The van der Waals surface area contributed by atoms with E-state index in [9.17, 15) is 4.79 Å². The minimum Gasteiger partial charge on any atom is -0.452 e. The molecule has 0 aliphatic rings. The van der Waals surface area contributed by atoms with E-state index < -0.39 is 5.60 Å². The van der Waals surface area contributed by atoms with Crippen molar-refractivity contribution < 1.29 is 13.9 Å². The van der Waals surface area contributed by atoms with E-state index in [4.69, 9.17) is 9.15 Å². The van der Waals surface area contributed by atoms with E-state index in [1.165, 1.54) is 0 Å². The van der Waals surface area contributed by atoms with Gasteiger partial charge in [-0.05, 0) is 60.5 Å². The Morgan fingerprint density at radius 3 is 2.58 bits per heavy atom. The number of amides is 1. The molecule has 0 aliphatic heterocycles. The largest absolute Gasteiger partial charge is 0.452 e. The maximum atomic E-state index is 12.1. The first-order valence-electron chi connectivity index (χ1n) is 7.75. The zero-order chi connectivity index (χ0) is 17.7. The Bertz CT molecular complexity index is 692. The molecule has 0 saturated carbocycles. The predicted molar refractivity (Wildman–Crippen MR) is 97.9 cm³/mol. The number of para-hydroxylation sites is 1. The van der Waals surface area contributed by atoms with Gasteiger partial charge in [-0.3, -0.25) is 0 Å². The molecule has 0 spiro atoms. The minimum atomic E-state index is -0.504. The van der Waals surface area contributed by atoms with Gasteiger partial charge < -0.3 is 19.4 Å².